The number of nitrogens with one attached hydrogen (secondary N) is 1. The van der Waals surface area contributed by atoms with Crippen molar-refractivity contribution < 1.29 is 14.6 Å². The van der Waals surface area contributed by atoms with Gasteiger partial charge < -0.3 is 15.2 Å². The minimum Gasteiger partial charge on any atom is -0.444 e. The van der Waals surface area contributed by atoms with Crippen LogP contribution in [0.5, 0.6) is 0 Å². The van der Waals surface area contributed by atoms with Crippen molar-refractivity contribution in [3.63, 3.8) is 0 Å². The Balaban J connectivity index is 2.48. The third kappa shape index (κ3) is 4.75. The summed E-state index contributed by atoms with van der Waals surface area (Å²) in [7, 11) is 0. The van der Waals surface area contributed by atoms with Gasteiger partial charge in [0.15, 0.2) is 0 Å². The molecule has 17 heavy (non-hydrogen) atoms. The molecule has 0 aromatic carbocycles. The molecule has 0 aliphatic rings. The SMILES string of the molecule is CC(C)(C)OC(=O)NC[C@](C)(O)c1ccsc1. The smallest absolute Gasteiger partial charge is 0.407 e. The summed E-state index contributed by atoms with van der Waals surface area (Å²) in [6.45, 7) is 7.17. The molecule has 0 fully saturated rings. The molecule has 1 aromatic rings. The summed E-state index contributed by atoms with van der Waals surface area (Å²) < 4.78 is 5.09. The normalized spacial score (nSPS) is 15.1. The molecule has 1 atom stereocenters. The molecule has 2 N–H and O–H groups in total. The zero-order valence-electron chi connectivity index (χ0n) is 10.6. The van der Waals surface area contributed by atoms with Gasteiger partial charge in [0, 0.05) is 0 Å². The van der Waals surface area contributed by atoms with E-state index in [1.165, 1.54) is 11.3 Å². The van der Waals surface area contributed by atoms with Gasteiger partial charge >= 0.3 is 6.09 Å². The summed E-state index contributed by atoms with van der Waals surface area (Å²) in [6, 6.07) is 1.83. The summed E-state index contributed by atoms with van der Waals surface area (Å²) in [6.07, 6.45) is -0.520. The number of hydrogen-bond donors (Lipinski definition) is 2. The van der Waals surface area contributed by atoms with E-state index in [0.717, 1.165) is 5.56 Å². The van der Waals surface area contributed by atoms with Crippen molar-refractivity contribution >= 4 is 17.4 Å². The average Bonchev–Trinajstić information content (AvgIpc) is 2.65. The van der Waals surface area contributed by atoms with Gasteiger partial charge in [0.1, 0.15) is 11.2 Å². The second-order valence-electron chi connectivity index (χ2n) is 5.14. The van der Waals surface area contributed by atoms with Crippen LogP contribution in [0.3, 0.4) is 0 Å². The fraction of sp³-hybridized carbons (Fsp3) is 0.583. The maximum absolute atomic E-state index is 11.4. The van der Waals surface area contributed by atoms with E-state index in [9.17, 15) is 9.90 Å². The maximum Gasteiger partial charge on any atom is 0.407 e. The van der Waals surface area contributed by atoms with E-state index in [1.54, 1.807) is 27.7 Å². The van der Waals surface area contributed by atoms with Gasteiger partial charge in [-0.15, -0.1) is 0 Å². The lowest BCUT2D eigenvalue weighted by atomic mass is 10.00. The van der Waals surface area contributed by atoms with Gasteiger partial charge in [-0.05, 0) is 50.1 Å². The summed E-state index contributed by atoms with van der Waals surface area (Å²) in [5.41, 5.74) is -0.812. The van der Waals surface area contributed by atoms with Crippen molar-refractivity contribution in [3.8, 4) is 0 Å². The average molecular weight is 257 g/mol. The Kier molecular flexibility index (Phi) is 4.16. The highest BCUT2D eigenvalue weighted by Crippen LogP contribution is 2.22. The van der Waals surface area contributed by atoms with Gasteiger partial charge in [0.25, 0.3) is 0 Å². The Hall–Kier alpha value is -1.07. The van der Waals surface area contributed by atoms with Gasteiger partial charge in [-0.1, -0.05) is 0 Å². The van der Waals surface area contributed by atoms with Crippen molar-refractivity contribution in [2.45, 2.75) is 38.9 Å². The lowest BCUT2D eigenvalue weighted by molar-refractivity contribution is 0.0318. The van der Waals surface area contributed by atoms with Gasteiger partial charge in [0.05, 0.1) is 6.54 Å². The molecule has 0 spiro atoms. The number of ether oxygens (including phenoxy) is 1. The molecule has 5 heteroatoms. The summed E-state index contributed by atoms with van der Waals surface area (Å²) in [5, 5.41) is 16.5. The second kappa shape index (κ2) is 5.06. The summed E-state index contributed by atoms with van der Waals surface area (Å²) in [4.78, 5) is 11.4. The molecule has 1 heterocycles. The van der Waals surface area contributed by atoms with E-state index < -0.39 is 17.3 Å². The van der Waals surface area contributed by atoms with Crippen LogP contribution in [0.25, 0.3) is 0 Å². The number of thiophene rings is 1. The predicted molar refractivity (Wildman–Crippen MR) is 68.1 cm³/mol. The first-order chi connectivity index (χ1) is 7.71. The van der Waals surface area contributed by atoms with E-state index >= 15 is 0 Å². The minimum absolute atomic E-state index is 0.124. The van der Waals surface area contributed by atoms with Crippen LogP contribution in [0.2, 0.25) is 0 Å². The largest absolute Gasteiger partial charge is 0.444 e. The Morgan fingerprint density at radius 1 is 1.47 bits per heavy atom. The second-order valence-corrected chi connectivity index (χ2v) is 5.92. The maximum atomic E-state index is 11.4. The Labute approximate surface area is 106 Å². The molecule has 1 rings (SSSR count). The number of carbonyl (C=O) groups excluding carboxylic acids is 1. The van der Waals surface area contributed by atoms with E-state index in [4.69, 9.17) is 4.74 Å². The first-order valence-electron chi connectivity index (χ1n) is 5.43. The molecule has 4 nitrogen and oxygen atoms in total. The molecule has 0 aliphatic heterocycles. The Morgan fingerprint density at radius 3 is 2.59 bits per heavy atom. The van der Waals surface area contributed by atoms with Crippen LogP contribution in [0.15, 0.2) is 16.8 Å². The molecule has 0 bridgehead atoms. The highest BCUT2D eigenvalue weighted by molar-refractivity contribution is 7.08. The first kappa shape index (κ1) is 14.0. The van der Waals surface area contributed by atoms with Crippen LogP contribution in [-0.2, 0) is 10.3 Å². The molecular weight excluding hydrogens is 238 g/mol. The number of rotatable bonds is 3. The highest BCUT2D eigenvalue weighted by atomic mass is 32.1. The lowest BCUT2D eigenvalue weighted by Gasteiger charge is -2.25. The van der Waals surface area contributed by atoms with Crippen LogP contribution in [0.4, 0.5) is 4.79 Å². The van der Waals surface area contributed by atoms with Crippen molar-refractivity contribution in [1.29, 1.82) is 0 Å². The molecule has 0 aliphatic carbocycles. The molecule has 0 saturated carbocycles. The first-order valence-corrected chi connectivity index (χ1v) is 6.37. The molecule has 0 radical (unpaired) electrons. The monoisotopic (exact) mass is 257 g/mol. The van der Waals surface area contributed by atoms with Crippen molar-refractivity contribution in [3.05, 3.63) is 22.4 Å². The highest BCUT2D eigenvalue weighted by Gasteiger charge is 2.25. The third-order valence-corrected chi connectivity index (χ3v) is 2.80. The number of hydrogen-bond acceptors (Lipinski definition) is 4. The topological polar surface area (TPSA) is 58.6 Å². The van der Waals surface area contributed by atoms with Crippen molar-refractivity contribution in [2.75, 3.05) is 6.54 Å². The standard InChI is InChI=1S/C12H19NO3S/c1-11(2,3)16-10(14)13-8-12(4,15)9-5-6-17-7-9/h5-7,15H,8H2,1-4H3,(H,13,14)/t12-/m0/s1. The number of amides is 1. The van der Waals surface area contributed by atoms with E-state index in [0.29, 0.717) is 0 Å². The van der Waals surface area contributed by atoms with Gasteiger partial charge in [-0.3, -0.25) is 0 Å². The lowest BCUT2D eigenvalue weighted by Crippen LogP contribution is -2.41. The number of aliphatic hydroxyl groups is 1. The minimum atomic E-state index is -1.07. The van der Waals surface area contributed by atoms with Crippen molar-refractivity contribution in [1.82, 2.24) is 5.32 Å². The van der Waals surface area contributed by atoms with Crippen LogP contribution in [-0.4, -0.2) is 23.3 Å². The molecular formula is C12H19NO3S. The molecule has 1 aromatic heterocycles. The van der Waals surface area contributed by atoms with Crippen LogP contribution < -0.4 is 5.32 Å². The number of carbonyl (C=O) groups is 1. The quantitative estimate of drug-likeness (QED) is 0.874. The summed E-state index contributed by atoms with van der Waals surface area (Å²) in [5.74, 6) is 0. The zero-order valence-corrected chi connectivity index (χ0v) is 11.4. The van der Waals surface area contributed by atoms with Gasteiger partial charge in [-0.25, -0.2) is 4.79 Å². The molecule has 96 valence electrons. The fourth-order valence-corrected chi connectivity index (χ4v) is 2.01. The summed E-state index contributed by atoms with van der Waals surface area (Å²) >= 11 is 1.51. The van der Waals surface area contributed by atoms with E-state index in [2.05, 4.69) is 5.32 Å². The Bertz CT molecular complexity index is 366. The number of alkyl carbamates (subject to hydrolysis) is 1. The predicted octanol–water partition coefficient (Wildman–Crippen LogP) is 2.48. The molecule has 0 unspecified atom stereocenters. The van der Waals surface area contributed by atoms with Crippen LogP contribution in [0.1, 0.15) is 33.3 Å². The Morgan fingerprint density at radius 2 is 2.12 bits per heavy atom. The third-order valence-electron chi connectivity index (χ3n) is 2.12. The van der Waals surface area contributed by atoms with Crippen LogP contribution >= 0.6 is 11.3 Å². The van der Waals surface area contributed by atoms with Gasteiger partial charge in [0.2, 0.25) is 0 Å². The van der Waals surface area contributed by atoms with Gasteiger partial charge in [-0.2, -0.15) is 11.3 Å². The zero-order chi connectivity index (χ0) is 13.1. The van der Waals surface area contributed by atoms with Crippen molar-refractivity contribution in [2.24, 2.45) is 0 Å². The van der Waals surface area contributed by atoms with E-state index in [1.807, 2.05) is 16.8 Å². The van der Waals surface area contributed by atoms with Crippen LogP contribution in [0, 0.1) is 0 Å². The molecule has 0 saturated heterocycles. The fourth-order valence-electron chi connectivity index (χ4n) is 1.23. The molecule has 1 amide bonds. The van der Waals surface area contributed by atoms with E-state index in [-0.39, 0.29) is 6.54 Å².